The van der Waals surface area contributed by atoms with E-state index in [1.165, 1.54) is 32.1 Å². The summed E-state index contributed by atoms with van der Waals surface area (Å²) in [5, 5.41) is 3.36. The highest BCUT2D eigenvalue weighted by atomic mass is 16.5. The predicted molar refractivity (Wildman–Crippen MR) is 86.8 cm³/mol. The van der Waals surface area contributed by atoms with Gasteiger partial charge >= 0.3 is 0 Å². The maximum absolute atomic E-state index is 5.20. The fraction of sp³-hybridized carbons (Fsp3) is 0.750. The van der Waals surface area contributed by atoms with Crippen molar-refractivity contribution >= 4 is 11.6 Å². The molecule has 2 rings (SSSR count). The molecule has 0 unspecified atom stereocenters. The van der Waals surface area contributed by atoms with Crippen LogP contribution in [-0.2, 0) is 11.3 Å². The van der Waals surface area contributed by atoms with Crippen LogP contribution in [-0.4, -0.2) is 36.7 Å². The molecule has 0 aliphatic heterocycles. The number of nitrogens with one attached hydrogen (secondary N) is 1. The van der Waals surface area contributed by atoms with Crippen LogP contribution in [0.5, 0.6) is 0 Å². The van der Waals surface area contributed by atoms with Crippen LogP contribution >= 0.6 is 0 Å². The third-order valence-corrected chi connectivity index (χ3v) is 4.07. The fourth-order valence-electron chi connectivity index (χ4n) is 2.86. The average molecular weight is 292 g/mol. The number of ether oxygens (including phenoxy) is 1. The van der Waals surface area contributed by atoms with E-state index in [2.05, 4.69) is 40.2 Å². The second-order valence-corrected chi connectivity index (χ2v) is 5.79. The van der Waals surface area contributed by atoms with Crippen molar-refractivity contribution in [2.75, 3.05) is 30.9 Å². The van der Waals surface area contributed by atoms with Gasteiger partial charge in [-0.05, 0) is 19.3 Å². The van der Waals surface area contributed by atoms with E-state index < -0.39 is 0 Å². The molecular formula is C16H28N4O. The molecule has 1 aromatic heterocycles. The third kappa shape index (κ3) is 4.56. The summed E-state index contributed by atoms with van der Waals surface area (Å²) in [6, 6.07) is 2.66. The minimum absolute atomic E-state index is 0.452. The van der Waals surface area contributed by atoms with Gasteiger partial charge in [0.1, 0.15) is 18.2 Å². The Labute approximate surface area is 128 Å². The Morgan fingerprint density at radius 3 is 2.71 bits per heavy atom. The van der Waals surface area contributed by atoms with Crippen LogP contribution in [0, 0.1) is 0 Å². The van der Waals surface area contributed by atoms with Gasteiger partial charge < -0.3 is 15.0 Å². The smallest absolute Gasteiger partial charge is 0.158 e. The zero-order valence-corrected chi connectivity index (χ0v) is 13.6. The van der Waals surface area contributed by atoms with Gasteiger partial charge in [0.05, 0.1) is 0 Å². The number of hydrogen-bond acceptors (Lipinski definition) is 5. The monoisotopic (exact) mass is 292 g/mol. The molecule has 0 amide bonds. The molecule has 1 aromatic rings. The molecule has 1 fully saturated rings. The van der Waals surface area contributed by atoms with E-state index in [4.69, 9.17) is 4.74 Å². The predicted octanol–water partition coefficient (Wildman–Crippen LogP) is 3.21. The molecule has 5 heteroatoms. The van der Waals surface area contributed by atoms with Crippen LogP contribution in [0.3, 0.4) is 0 Å². The lowest BCUT2D eigenvalue weighted by Crippen LogP contribution is -2.34. The Hall–Kier alpha value is -1.36. The third-order valence-electron chi connectivity index (χ3n) is 4.07. The molecule has 118 valence electrons. The molecule has 1 heterocycles. The van der Waals surface area contributed by atoms with Crippen molar-refractivity contribution in [2.24, 2.45) is 0 Å². The number of aromatic nitrogens is 2. The van der Waals surface area contributed by atoms with Gasteiger partial charge in [-0.3, -0.25) is 0 Å². The van der Waals surface area contributed by atoms with Gasteiger partial charge in [-0.2, -0.15) is 0 Å². The summed E-state index contributed by atoms with van der Waals surface area (Å²) in [5.41, 5.74) is 0. The highest BCUT2D eigenvalue weighted by molar-refractivity contribution is 5.49. The van der Waals surface area contributed by atoms with E-state index in [-0.39, 0.29) is 0 Å². The Morgan fingerprint density at radius 1 is 1.29 bits per heavy atom. The van der Waals surface area contributed by atoms with E-state index in [0.717, 1.165) is 30.4 Å². The van der Waals surface area contributed by atoms with E-state index in [0.29, 0.717) is 12.6 Å². The van der Waals surface area contributed by atoms with Gasteiger partial charge in [-0.25, -0.2) is 9.97 Å². The maximum atomic E-state index is 5.20. The highest BCUT2D eigenvalue weighted by Gasteiger charge is 2.20. The zero-order valence-electron chi connectivity index (χ0n) is 13.6. The fourth-order valence-corrected chi connectivity index (χ4v) is 2.86. The summed E-state index contributed by atoms with van der Waals surface area (Å²) in [7, 11) is 3.83. The SMILES string of the molecule is CCCNc1cc(N(C)C2CCCCC2)nc(COC)n1. The minimum Gasteiger partial charge on any atom is -0.377 e. The number of nitrogens with zero attached hydrogens (tertiary/aromatic N) is 3. The van der Waals surface area contributed by atoms with E-state index >= 15 is 0 Å². The molecule has 21 heavy (non-hydrogen) atoms. The lowest BCUT2D eigenvalue weighted by atomic mass is 9.94. The maximum Gasteiger partial charge on any atom is 0.158 e. The first-order valence-corrected chi connectivity index (χ1v) is 8.08. The van der Waals surface area contributed by atoms with E-state index in [9.17, 15) is 0 Å². The molecule has 0 atom stereocenters. The first-order chi connectivity index (χ1) is 10.2. The van der Waals surface area contributed by atoms with Crippen molar-refractivity contribution < 1.29 is 4.74 Å². The van der Waals surface area contributed by atoms with Crippen molar-refractivity contribution in [1.82, 2.24) is 9.97 Å². The van der Waals surface area contributed by atoms with Gasteiger partial charge in [0, 0.05) is 32.8 Å². The van der Waals surface area contributed by atoms with Crippen LogP contribution in [0.15, 0.2) is 6.07 Å². The molecule has 1 aliphatic rings. The lowest BCUT2D eigenvalue weighted by molar-refractivity contribution is 0.178. The minimum atomic E-state index is 0.452. The standard InChI is InChI=1S/C16H28N4O/c1-4-10-17-14-11-16(19-15(18-14)12-21-3)20(2)13-8-6-5-7-9-13/h11,13H,4-10,12H2,1-3H3,(H,17,18,19). The molecular weight excluding hydrogens is 264 g/mol. The Balaban J connectivity index is 2.16. The molecule has 0 aromatic carbocycles. The molecule has 5 nitrogen and oxygen atoms in total. The summed E-state index contributed by atoms with van der Waals surface area (Å²) >= 11 is 0. The Kier molecular flexibility index (Phi) is 6.23. The van der Waals surface area contributed by atoms with Gasteiger partial charge in [-0.1, -0.05) is 26.2 Å². The number of anilines is 2. The van der Waals surface area contributed by atoms with Gasteiger partial charge in [-0.15, -0.1) is 0 Å². The Bertz CT molecular complexity index is 432. The summed E-state index contributed by atoms with van der Waals surface area (Å²) in [5.74, 6) is 2.65. The molecule has 0 saturated heterocycles. The molecule has 1 aliphatic carbocycles. The largest absolute Gasteiger partial charge is 0.377 e. The summed E-state index contributed by atoms with van der Waals surface area (Å²) in [6.45, 7) is 3.53. The van der Waals surface area contributed by atoms with Crippen LogP contribution < -0.4 is 10.2 Å². The van der Waals surface area contributed by atoms with Crippen molar-refractivity contribution in [1.29, 1.82) is 0 Å². The molecule has 1 saturated carbocycles. The summed E-state index contributed by atoms with van der Waals surface area (Å²) in [6.07, 6.45) is 7.62. The van der Waals surface area contributed by atoms with Gasteiger partial charge in [0.2, 0.25) is 0 Å². The topological polar surface area (TPSA) is 50.3 Å². The normalized spacial score (nSPS) is 16.0. The van der Waals surface area contributed by atoms with E-state index in [1.807, 2.05) is 0 Å². The quantitative estimate of drug-likeness (QED) is 0.836. The lowest BCUT2D eigenvalue weighted by Gasteiger charge is -2.32. The van der Waals surface area contributed by atoms with Crippen LogP contribution in [0.25, 0.3) is 0 Å². The molecule has 0 bridgehead atoms. The average Bonchev–Trinajstić information content (AvgIpc) is 2.53. The Morgan fingerprint density at radius 2 is 2.05 bits per heavy atom. The number of methoxy groups -OCH3 is 1. The van der Waals surface area contributed by atoms with Crippen LogP contribution in [0.2, 0.25) is 0 Å². The van der Waals surface area contributed by atoms with Gasteiger partial charge in [0.25, 0.3) is 0 Å². The van der Waals surface area contributed by atoms with Crippen molar-refractivity contribution in [2.45, 2.75) is 58.1 Å². The van der Waals surface area contributed by atoms with Crippen molar-refractivity contribution in [3.05, 3.63) is 11.9 Å². The summed E-state index contributed by atoms with van der Waals surface area (Å²) in [4.78, 5) is 11.5. The van der Waals surface area contributed by atoms with Crippen molar-refractivity contribution in [3.8, 4) is 0 Å². The molecule has 0 radical (unpaired) electrons. The van der Waals surface area contributed by atoms with Crippen molar-refractivity contribution in [3.63, 3.8) is 0 Å². The van der Waals surface area contributed by atoms with Crippen LogP contribution in [0.1, 0.15) is 51.3 Å². The first kappa shape index (κ1) is 16.0. The highest BCUT2D eigenvalue weighted by Crippen LogP contribution is 2.26. The second-order valence-electron chi connectivity index (χ2n) is 5.79. The second kappa shape index (κ2) is 8.17. The van der Waals surface area contributed by atoms with E-state index in [1.54, 1.807) is 7.11 Å². The van der Waals surface area contributed by atoms with Crippen LogP contribution in [0.4, 0.5) is 11.6 Å². The van der Waals surface area contributed by atoms with Gasteiger partial charge in [0.15, 0.2) is 5.82 Å². The number of rotatable bonds is 7. The first-order valence-electron chi connectivity index (χ1n) is 8.08. The zero-order chi connectivity index (χ0) is 15.1. The summed E-state index contributed by atoms with van der Waals surface area (Å²) < 4.78 is 5.20. The molecule has 1 N–H and O–H groups in total. The number of hydrogen-bond donors (Lipinski definition) is 1. The molecule has 0 spiro atoms.